The lowest BCUT2D eigenvalue weighted by atomic mass is 9.87. The van der Waals surface area contributed by atoms with Gasteiger partial charge < -0.3 is 10.6 Å². The van der Waals surface area contributed by atoms with Gasteiger partial charge in [0.05, 0.1) is 0 Å². The van der Waals surface area contributed by atoms with Gasteiger partial charge >= 0.3 is 0 Å². The van der Waals surface area contributed by atoms with E-state index in [1.807, 2.05) is 6.07 Å². The van der Waals surface area contributed by atoms with Crippen molar-refractivity contribution in [3.8, 4) is 11.1 Å². The number of nitrogens with two attached hydrogens (primary N) is 1. The third-order valence-corrected chi connectivity index (χ3v) is 4.29. The number of nitrogens with zero attached hydrogens (tertiary/aromatic N) is 1. The molecule has 0 aliphatic heterocycles. The van der Waals surface area contributed by atoms with Gasteiger partial charge in [0.25, 0.3) is 0 Å². The predicted molar refractivity (Wildman–Crippen MR) is 86.6 cm³/mol. The molecule has 2 rings (SSSR count). The standard InChI is InChI=1S/C18H24N2/c1-18(2,20(3)4)17(19)16-12-10-15(11-13-16)14-8-6-5-7-9-14/h5-13,17H,19H2,1-4H3. The molecule has 1 unspecified atom stereocenters. The van der Waals surface area contributed by atoms with Crippen LogP contribution in [-0.2, 0) is 0 Å². The monoisotopic (exact) mass is 268 g/mol. The van der Waals surface area contributed by atoms with Crippen LogP contribution in [0.2, 0.25) is 0 Å². The SMILES string of the molecule is CN(C)C(C)(C)C(N)c1ccc(-c2ccccc2)cc1. The van der Waals surface area contributed by atoms with Crippen molar-refractivity contribution in [2.75, 3.05) is 14.1 Å². The van der Waals surface area contributed by atoms with Crippen molar-refractivity contribution in [3.05, 3.63) is 60.2 Å². The van der Waals surface area contributed by atoms with Crippen molar-refractivity contribution < 1.29 is 0 Å². The molecule has 0 amide bonds. The molecule has 0 heterocycles. The molecule has 0 radical (unpaired) electrons. The van der Waals surface area contributed by atoms with Gasteiger partial charge in [0.2, 0.25) is 0 Å². The molecule has 20 heavy (non-hydrogen) atoms. The minimum absolute atomic E-state index is 0.0117. The molecule has 0 spiro atoms. The molecule has 0 aromatic heterocycles. The molecule has 2 nitrogen and oxygen atoms in total. The maximum atomic E-state index is 6.42. The summed E-state index contributed by atoms with van der Waals surface area (Å²) < 4.78 is 0. The van der Waals surface area contributed by atoms with E-state index in [-0.39, 0.29) is 11.6 Å². The van der Waals surface area contributed by atoms with E-state index in [1.165, 1.54) is 16.7 Å². The van der Waals surface area contributed by atoms with Crippen LogP contribution in [0.15, 0.2) is 54.6 Å². The van der Waals surface area contributed by atoms with E-state index in [1.54, 1.807) is 0 Å². The van der Waals surface area contributed by atoms with Crippen molar-refractivity contribution in [2.45, 2.75) is 25.4 Å². The van der Waals surface area contributed by atoms with E-state index >= 15 is 0 Å². The molecule has 0 saturated carbocycles. The highest BCUT2D eigenvalue weighted by Gasteiger charge is 2.29. The molecule has 0 fully saturated rings. The smallest absolute Gasteiger partial charge is 0.0476 e. The number of hydrogen-bond acceptors (Lipinski definition) is 2. The Kier molecular flexibility index (Phi) is 4.26. The normalized spacial score (nSPS) is 13.5. The van der Waals surface area contributed by atoms with E-state index in [9.17, 15) is 0 Å². The average Bonchev–Trinajstić information content (AvgIpc) is 2.47. The molecule has 0 aliphatic rings. The van der Waals surface area contributed by atoms with Crippen molar-refractivity contribution in [1.82, 2.24) is 4.90 Å². The Balaban J connectivity index is 2.25. The first-order valence-corrected chi connectivity index (χ1v) is 7.01. The first kappa shape index (κ1) is 14.8. The van der Waals surface area contributed by atoms with Crippen LogP contribution in [0.5, 0.6) is 0 Å². The molecule has 2 N–H and O–H groups in total. The number of rotatable bonds is 4. The Bertz CT molecular complexity index is 541. The van der Waals surface area contributed by atoms with Crippen molar-refractivity contribution in [1.29, 1.82) is 0 Å². The van der Waals surface area contributed by atoms with Crippen molar-refractivity contribution >= 4 is 0 Å². The number of likely N-dealkylation sites (N-methyl/N-ethyl adjacent to an activating group) is 1. The second-order valence-electron chi connectivity index (χ2n) is 6.01. The largest absolute Gasteiger partial charge is 0.322 e. The quantitative estimate of drug-likeness (QED) is 0.916. The molecule has 0 aliphatic carbocycles. The predicted octanol–water partition coefficient (Wildman–Crippen LogP) is 3.69. The lowest BCUT2D eigenvalue weighted by Gasteiger charge is -2.38. The van der Waals surface area contributed by atoms with Gasteiger partial charge in [0, 0.05) is 11.6 Å². The molecule has 2 aromatic carbocycles. The van der Waals surface area contributed by atoms with Gasteiger partial charge in [-0.05, 0) is 44.6 Å². The highest BCUT2D eigenvalue weighted by Crippen LogP contribution is 2.28. The molecular formula is C18H24N2. The Labute approximate surface area is 122 Å². The van der Waals surface area contributed by atoms with Gasteiger partial charge in [-0.25, -0.2) is 0 Å². The molecule has 2 aromatic rings. The lowest BCUT2D eigenvalue weighted by Crippen LogP contribution is -2.47. The summed E-state index contributed by atoms with van der Waals surface area (Å²) in [6, 6.07) is 19.0. The fourth-order valence-corrected chi connectivity index (χ4v) is 2.20. The molecule has 106 valence electrons. The first-order valence-electron chi connectivity index (χ1n) is 7.01. The molecular weight excluding hydrogens is 244 g/mol. The van der Waals surface area contributed by atoms with Crippen molar-refractivity contribution in [2.24, 2.45) is 5.73 Å². The first-order chi connectivity index (χ1) is 9.43. The summed E-state index contributed by atoms with van der Waals surface area (Å²) in [5.74, 6) is 0. The third kappa shape index (κ3) is 2.92. The van der Waals surface area contributed by atoms with Crippen molar-refractivity contribution in [3.63, 3.8) is 0 Å². The van der Waals surface area contributed by atoms with E-state index in [4.69, 9.17) is 5.73 Å². The number of benzene rings is 2. The van der Waals surface area contributed by atoms with Gasteiger partial charge in [0.15, 0.2) is 0 Å². The fraction of sp³-hybridized carbons (Fsp3) is 0.333. The van der Waals surface area contributed by atoms with Crippen LogP contribution in [-0.4, -0.2) is 24.5 Å². The maximum absolute atomic E-state index is 6.42. The van der Waals surface area contributed by atoms with E-state index < -0.39 is 0 Å². The molecule has 0 saturated heterocycles. The summed E-state index contributed by atoms with van der Waals surface area (Å²) >= 11 is 0. The topological polar surface area (TPSA) is 29.3 Å². The van der Waals surface area contributed by atoms with Crippen LogP contribution in [0.25, 0.3) is 11.1 Å². The van der Waals surface area contributed by atoms with E-state index in [2.05, 4.69) is 81.4 Å². The fourth-order valence-electron chi connectivity index (χ4n) is 2.20. The maximum Gasteiger partial charge on any atom is 0.0476 e. The third-order valence-electron chi connectivity index (χ3n) is 4.29. The summed E-state index contributed by atoms with van der Waals surface area (Å²) in [4.78, 5) is 2.17. The summed E-state index contributed by atoms with van der Waals surface area (Å²) in [5, 5.41) is 0. The Morgan fingerprint density at radius 2 is 1.35 bits per heavy atom. The Morgan fingerprint density at radius 3 is 1.85 bits per heavy atom. The zero-order valence-electron chi connectivity index (χ0n) is 12.8. The summed E-state index contributed by atoms with van der Waals surface area (Å²) in [6.45, 7) is 4.34. The minimum Gasteiger partial charge on any atom is -0.322 e. The van der Waals surface area contributed by atoms with Gasteiger partial charge in [0.1, 0.15) is 0 Å². The Morgan fingerprint density at radius 1 is 0.850 bits per heavy atom. The van der Waals surface area contributed by atoms with Crippen LogP contribution < -0.4 is 5.73 Å². The summed E-state index contributed by atoms with van der Waals surface area (Å²) in [5.41, 5.74) is 9.98. The van der Waals surface area contributed by atoms with E-state index in [0.717, 1.165) is 0 Å². The highest BCUT2D eigenvalue weighted by atomic mass is 15.2. The number of hydrogen-bond donors (Lipinski definition) is 1. The van der Waals surface area contributed by atoms with Crippen LogP contribution in [0.3, 0.4) is 0 Å². The van der Waals surface area contributed by atoms with E-state index in [0.29, 0.717) is 0 Å². The second kappa shape index (κ2) is 5.78. The van der Waals surface area contributed by atoms with Gasteiger partial charge in [-0.1, -0.05) is 54.6 Å². The lowest BCUT2D eigenvalue weighted by molar-refractivity contribution is 0.159. The van der Waals surface area contributed by atoms with Gasteiger partial charge in [-0.3, -0.25) is 0 Å². The zero-order chi connectivity index (χ0) is 14.8. The van der Waals surface area contributed by atoms with Gasteiger partial charge in [-0.2, -0.15) is 0 Å². The zero-order valence-corrected chi connectivity index (χ0v) is 12.8. The summed E-state index contributed by atoms with van der Waals surface area (Å²) in [6.07, 6.45) is 0. The minimum atomic E-state index is -0.0751. The van der Waals surface area contributed by atoms with Crippen LogP contribution in [0.4, 0.5) is 0 Å². The average molecular weight is 268 g/mol. The molecule has 0 bridgehead atoms. The summed E-state index contributed by atoms with van der Waals surface area (Å²) in [7, 11) is 4.14. The molecule has 1 atom stereocenters. The Hall–Kier alpha value is -1.64. The van der Waals surface area contributed by atoms with Gasteiger partial charge in [-0.15, -0.1) is 0 Å². The van der Waals surface area contributed by atoms with Crippen LogP contribution >= 0.6 is 0 Å². The second-order valence-corrected chi connectivity index (χ2v) is 6.01. The molecule has 2 heteroatoms. The highest BCUT2D eigenvalue weighted by molar-refractivity contribution is 5.63. The van der Waals surface area contributed by atoms with Crippen LogP contribution in [0.1, 0.15) is 25.5 Å². The van der Waals surface area contributed by atoms with Crippen LogP contribution in [0, 0.1) is 0 Å².